The van der Waals surface area contributed by atoms with Gasteiger partial charge in [-0.2, -0.15) is 0 Å². The van der Waals surface area contributed by atoms with Gasteiger partial charge >= 0.3 is 0 Å². The van der Waals surface area contributed by atoms with E-state index in [-0.39, 0.29) is 0 Å². The van der Waals surface area contributed by atoms with Crippen molar-refractivity contribution in [3.05, 3.63) is 35.4 Å². The van der Waals surface area contributed by atoms with Crippen LogP contribution in [-0.2, 0) is 11.2 Å². The van der Waals surface area contributed by atoms with E-state index in [1.807, 2.05) is 0 Å². The van der Waals surface area contributed by atoms with Crippen molar-refractivity contribution in [2.24, 2.45) is 5.92 Å². The third kappa shape index (κ3) is 2.49. The van der Waals surface area contributed by atoms with Gasteiger partial charge in [0.15, 0.2) is 0 Å². The number of rotatable bonds is 4. The maximum Gasteiger partial charge on any atom is 0.133 e. The van der Waals surface area contributed by atoms with Gasteiger partial charge in [0.1, 0.15) is 5.78 Å². The molecule has 2 nitrogen and oxygen atoms in total. The van der Waals surface area contributed by atoms with Gasteiger partial charge in [-0.05, 0) is 55.3 Å². The summed E-state index contributed by atoms with van der Waals surface area (Å²) in [6.07, 6.45) is 5.09. The number of ketones is 1. The topological polar surface area (TPSA) is 29.1 Å². The molecule has 0 aromatic heterocycles. The summed E-state index contributed by atoms with van der Waals surface area (Å²) in [5.74, 6) is 1.55. The first-order valence-corrected chi connectivity index (χ1v) is 7.13. The molecule has 96 valence electrons. The Morgan fingerprint density at radius 1 is 1.28 bits per heavy atom. The van der Waals surface area contributed by atoms with Crippen LogP contribution in [0.25, 0.3) is 0 Å². The van der Waals surface area contributed by atoms with Crippen LogP contribution in [0.5, 0.6) is 0 Å². The lowest BCUT2D eigenvalue weighted by Gasteiger charge is -2.30. The summed E-state index contributed by atoms with van der Waals surface area (Å²) in [5.41, 5.74) is 2.85. The second-order valence-electron chi connectivity index (χ2n) is 5.76. The monoisotopic (exact) mass is 243 g/mol. The summed E-state index contributed by atoms with van der Waals surface area (Å²) in [5, 5.41) is 3.38. The van der Waals surface area contributed by atoms with E-state index < -0.39 is 0 Å². The second-order valence-corrected chi connectivity index (χ2v) is 5.76. The highest BCUT2D eigenvalue weighted by Gasteiger charge is 2.28. The fraction of sp³-hybridized carbons (Fsp3) is 0.562. The molecule has 0 saturated carbocycles. The van der Waals surface area contributed by atoms with E-state index in [1.54, 1.807) is 0 Å². The third-order valence-electron chi connectivity index (χ3n) is 4.35. The quantitative estimate of drug-likeness (QED) is 0.881. The van der Waals surface area contributed by atoms with E-state index in [0.29, 0.717) is 17.6 Å². The van der Waals surface area contributed by atoms with Crippen molar-refractivity contribution < 1.29 is 4.79 Å². The summed E-state index contributed by atoms with van der Waals surface area (Å²) < 4.78 is 0. The number of piperidine rings is 1. The molecule has 1 saturated heterocycles. The van der Waals surface area contributed by atoms with Crippen molar-refractivity contribution in [3.8, 4) is 0 Å². The molecule has 18 heavy (non-hydrogen) atoms. The molecule has 1 heterocycles. The SMILES string of the molecule is O=C(CC1CCCNC1)CC1Cc2ccccc21. The zero-order valence-electron chi connectivity index (χ0n) is 10.8. The summed E-state index contributed by atoms with van der Waals surface area (Å²) in [7, 11) is 0. The van der Waals surface area contributed by atoms with Crippen LogP contribution < -0.4 is 5.32 Å². The normalized spacial score (nSPS) is 26.2. The van der Waals surface area contributed by atoms with E-state index in [2.05, 4.69) is 29.6 Å². The molecule has 2 atom stereocenters. The predicted molar refractivity (Wildman–Crippen MR) is 72.7 cm³/mol. The maximum absolute atomic E-state index is 12.1. The zero-order chi connectivity index (χ0) is 12.4. The second kappa shape index (κ2) is 5.23. The molecule has 1 aromatic carbocycles. The molecule has 1 fully saturated rings. The number of Topliss-reactive ketones (excluding diaryl/α,β-unsaturated/α-hetero) is 1. The van der Waals surface area contributed by atoms with Crippen LogP contribution in [-0.4, -0.2) is 18.9 Å². The zero-order valence-corrected chi connectivity index (χ0v) is 10.8. The van der Waals surface area contributed by atoms with Gasteiger partial charge in [-0.1, -0.05) is 24.3 Å². The highest BCUT2D eigenvalue weighted by molar-refractivity contribution is 5.80. The fourth-order valence-electron chi connectivity index (χ4n) is 3.32. The fourth-order valence-corrected chi connectivity index (χ4v) is 3.32. The molecule has 0 spiro atoms. The molecule has 0 radical (unpaired) electrons. The van der Waals surface area contributed by atoms with Crippen molar-refractivity contribution in [1.29, 1.82) is 0 Å². The number of hydrogen-bond acceptors (Lipinski definition) is 2. The van der Waals surface area contributed by atoms with Gasteiger partial charge in [0.05, 0.1) is 0 Å². The number of carbonyl (C=O) groups is 1. The molecule has 3 rings (SSSR count). The molecule has 1 aliphatic carbocycles. The van der Waals surface area contributed by atoms with Crippen molar-refractivity contribution in [1.82, 2.24) is 5.32 Å². The minimum atomic E-state index is 0.461. The first kappa shape index (κ1) is 11.9. The van der Waals surface area contributed by atoms with Crippen molar-refractivity contribution in [2.75, 3.05) is 13.1 Å². The molecule has 2 unspecified atom stereocenters. The Kier molecular flexibility index (Phi) is 3.46. The van der Waals surface area contributed by atoms with E-state index in [9.17, 15) is 4.79 Å². The van der Waals surface area contributed by atoms with E-state index in [0.717, 1.165) is 32.4 Å². The van der Waals surface area contributed by atoms with Crippen molar-refractivity contribution >= 4 is 5.78 Å². The molecule has 2 heteroatoms. The first-order chi connectivity index (χ1) is 8.83. The standard InChI is InChI=1S/C16H21NO/c18-15(8-12-4-3-7-17-11-12)10-14-9-13-5-1-2-6-16(13)14/h1-2,5-6,12,14,17H,3-4,7-11H2. The summed E-state index contributed by atoms with van der Waals surface area (Å²) >= 11 is 0. The molecular formula is C16H21NO. The molecule has 1 aromatic rings. The number of nitrogens with one attached hydrogen (secondary N) is 1. The number of fused-ring (bicyclic) bond motifs is 1. The maximum atomic E-state index is 12.1. The van der Waals surface area contributed by atoms with Gasteiger partial charge in [0.2, 0.25) is 0 Å². The first-order valence-electron chi connectivity index (χ1n) is 7.13. The van der Waals surface area contributed by atoms with Crippen LogP contribution in [0.3, 0.4) is 0 Å². The smallest absolute Gasteiger partial charge is 0.133 e. The highest BCUT2D eigenvalue weighted by atomic mass is 16.1. The largest absolute Gasteiger partial charge is 0.316 e. The van der Waals surface area contributed by atoms with Crippen LogP contribution in [0.4, 0.5) is 0 Å². The third-order valence-corrected chi connectivity index (χ3v) is 4.35. The van der Waals surface area contributed by atoms with Crippen LogP contribution >= 0.6 is 0 Å². The minimum Gasteiger partial charge on any atom is -0.316 e. The average molecular weight is 243 g/mol. The molecule has 1 N–H and O–H groups in total. The van der Waals surface area contributed by atoms with Crippen molar-refractivity contribution in [3.63, 3.8) is 0 Å². The Morgan fingerprint density at radius 2 is 2.17 bits per heavy atom. The van der Waals surface area contributed by atoms with Gasteiger partial charge in [-0.3, -0.25) is 4.79 Å². The average Bonchev–Trinajstić information content (AvgIpc) is 2.37. The predicted octanol–water partition coefficient (Wildman–Crippen LogP) is 2.68. The van der Waals surface area contributed by atoms with Gasteiger partial charge in [-0.15, -0.1) is 0 Å². The van der Waals surface area contributed by atoms with E-state index in [1.165, 1.54) is 24.0 Å². The summed E-state index contributed by atoms with van der Waals surface area (Å²) in [6, 6.07) is 8.53. The lowest BCUT2D eigenvalue weighted by molar-refractivity contribution is -0.120. The highest BCUT2D eigenvalue weighted by Crippen LogP contribution is 2.37. The Morgan fingerprint density at radius 3 is 2.94 bits per heavy atom. The van der Waals surface area contributed by atoms with Gasteiger partial charge < -0.3 is 5.32 Å². The molecule has 0 bridgehead atoms. The molecule has 0 amide bonds. The van der Waals surface area contributed by atoms with Gasteiger partial charge in [-0.25, -0.2) is 0 Å². The van der Waals surface area contributed by atoms with E-state index >= 15 is 0 Å². The lowest BCUT2D eigenvalue weighted by atomic mass is 9.74. The minimum absolute atomic E-state index is 0.461. The molecular weight excluding hydrogens is 222 g/mol. The summed E-state index contributed by atoms with van der Waals surface area (Å²) in [4.78, 5) is 12.1. The van der Waals surface area contributed by atoms with E-state index in [4.69, 9.17) is 0 Å². The number of benzene rings is 1. The van der Waals surface area contributed by atoms with Crippen LogP contribution in [0.1, 0.15) is 42.7 Å². The molecule has 1 aliphatic heterocycles. The van der Waals surface area contributed by atoms with Crippen LogP contribution in [0.15, 0.2) is 24.3 Å². The lowest BCUT2D eigenvalue weighted by Crippen LogP contribution is -2.31. The Hall–Kier alpha value is -1.15. The number of hydrogen-bond donors (Lipinski definition) is 1. The number of carbonyl (C=O) groups excluding carboxylic acids is 1. The Bertz CT molecular complexity index is 434. The van der Waals surface area contributed by atoms with Gasteiger partial charge in [0.25, 0.3) is 0 Å². The Balaban J connectivity index is 1.50. The van der Waals surface area contributed by atoms with Crippen LogP contribution in [0.2, 0.25) is 0 Å². The molecule has 2 aliphatic rings. The summed E-state index contributed by atoms with van der Waals surface area (Å²) in [6.45, 7) is 2.16. The van der Waals surface area contributed by atoms with Crippen LogP contribution in [0, 0.1) is 5.92 Å². The Labute approximate surface area is 109 Å². The van der Waals surface area contributed by atoms with Crippen molar-refractivity contribution in [2.45, 2.75) is 38.0 Å². The van der Waals surface area contributed by atoms with Gasteiger partial charge in [0, 0.05) is 12.8 Å².